The zero-order valence-electron chi connectivity index (χ0n) is 21.5. The van der Waals surface area contributed by atoms with Crippen molar-refractivity contribution in [2.45, 2.75) is 33.4 Å². The molecule has 0 aliphatic rings. The summed E-state index contributed by atoms with van der Waals surface area (Å²) >= 11 is 0. The van der Waals surface area contributed by atoms with Crippen LogP contribution in [0.4, 0.5) is 4.79 Å². The van der Waals surface area contributed by atoms with Gasteiger partial charge in [-0.05, 0) is 31.4 Å². The van der Waals surface area contributed by atoms with Crippen LogP contribution >= 0.6 is 0 Å². The van der Waals surface area contributed by atoms with Gasteiger partial charge in [0.2, 0.25) is 0 Å². The summed E-state index contributed by atoms with van der Waals surface area (Å²) in [6.45, 7) is 4.16. The van der Waals surface area contributed by atoms with Crippen molar-refractivity contribution in [1.29, 1.82) is 0 Å². The summed E-state index contributed by atoms with van der Waals surface area (Å²) in [5.41, 5.74) is 3.64. The molecule has 36 heavy (non-hydrogen) atoms. The number of Topliss-reactive ketones (excluding diaryl/α,β-unsaturated/α-hetero) is 1. The Labute approximate surface area is 212 Å². The molecule has 0 aliphatic carbocycles. The number of benzene rings is 3. The highest BCUT2D eigenvalue weighted by Gasteiger charge is 2.27. The lowest BCUT2D eigenvalue weighted by Gasteiger charge is -2.25. The van der Waals surface area contributed by atoms with Crippen molar-refractivity contribution in [3.05, 3.63) is 88.5 Å². The van der Waals surface area contributed by atoms with Crippen LogP contribution in [-0.4, -0.2) is 44.7 Å². The number of carbonyl (C=O) groups is 2. The molecule has 0 radical (unpaired) electrons. The highest BCUT2D eigenvalue weighted by molar-refractivity contribution is 6.00. The predicted octanol–water partition coefficient (Wildman–Crippen LogP) is 5.60. The van der Waals surface area contributed by atoms with Gasteiger partial charge in [0.1, 0.15) is 12.4 Å². The number of amides is 1. The van der Waals surface area contributed by atoms with Gasteiger partial charge < -0.3 is 23.8 Å². The SMILES string of the molecule is COc1c(C)c(OC)c(OC)c(C(C)=O)c1CCN(Cc1ccccc1)C(=O)OCc1ccccc1. The van der Waals surface area contributed by atoms with Crippen molar-refractivity contribution in [1.82, 2.24) is 4.90 Å². The Hall–Kier alpha value is -4.00. The normalized spacial score (nSPS) is 10.5. The topological polar surface area (TPSA) is 74.3 Å². The first-order chi connectivity index (χ1) is 17.4. The zero-order chi connectivity index (χ0) is 26.1. The van der Waals surface area contributed by atoms with Gasteiger partial charge in [-0.25, -0.2) is 4.79 Å². The van der Waals surface area contributed by atoms with Gasteiger partial charge in [-0.1, -0.05) is 60.7 Å². The predicted molar refractivity (Wildman–Crippen MR) is 138 cm³/mol. The maximum Gasteiger partial charge on any atom is 0.410 e. The number of nitrogens with zero attached hydrogens (tertiary/aromatic N) is 1. The molecule has 0 aliphatic heterocycles. The molecule has 1 amide bonds. The minimum Gasteiger partial charge on any atom is -0.496 e. The molecule has 3 aromatic rings. The molecule has 3 aromatic carbocycles. The van der Waals surface area contributed by atoms with Crippen molar-refractivity contribution in [2.24, 2.45) is 0 Å². The van der Waals surface area contributed by atoms with Gasteiger partial charge in [-0.3, -0.25) is 4.79 Å². The van der Waals surface area contributed by atoms with Crippen molar-refractivity contribution >= 4 is 11.9 Å². The van der Waals surface area contributed by atoms with Gasteiger partial charge in [0.15, 0.2) is 17.3 Å². The highest BCUT2D eigenvalue weighted by Crippen LogP contribution is 2.44. The third-order valence-electron chi connectivity index (χ3n) is 5.97. The number of carbonyl (C=O) groups excluding carboxylic acids is 2. The summed E-state index contributed by atoms with van der Waals surface area (Å²) in [4.78, 5) is 27.5. The van der Waals surface area contributed by atoms with E-state index in [1.165, 1.54) is 21.1 Å². The Morgan fingerprint density at radius 2 is 1.33 bits per heavy atom. The molecular formula is C29H33NO6. The first-order valence-electron chi connectivity index (χ1n) is 11.7. The lowest BCUT2D eigenvalue weighted by atomic mass is 9.95. The number of rotatable bonds is 11. The third kappa shape index (κ3) is 6.16. The summed E-state index contributed by atoms with van der Waals surface area (Å²) in [6, 6.07) is 19.2. The summed E-state index contributed by atoms with van der Waals surface area (Å²) in [6.07, 6.45) is -0.0877. The Morgan fingerprint density at radius 3 is 1.86 bits per heavy atom. The molecule has 0 spiro atoms. The van der Waals surface area contributed by atoms with Crippen LogP contribution in [0.3, 0.4) is 0 Å². The van der Waals surface area contributed by atoms with Crippen LogP contribution in [0.1, 0.15) is 39.5 Å². The second kappa shape index (κ2) is 12.6. The van der Waals surface area contributed by atoms with E-state index in [0.29, 0.717) is 47.9 Å². The third-order valence-corrected chi connectivity index (χ3v) is 5.97. The van der Waals surface area contributed by atoms with Gasteiger partial charge in [0.25, 0.3) is 0 Å². The monoisotopic (exact) mass is 491 g/mol. The summed E-state index contributed by atoms with van der Waals surface area (Å²) < 4.78 is 22.4. The molecule has 0 aromatic heterocycles. The van der Waals surface area contributed by atoms with E-state index in [2.05, 4.69) is 0 Å². The fourth-order valence-electron chi connectivity index (χ4n) is 4.29. The molecular weight excluding hydrogens is 458 g/mol. The smallest absolute Gasteiger partial charge is 0.410 e. The molecule has 7 heteroatoms. The van der Waals surface area contributed by atoms with E-state index < -0.39 is 6.09 Å². The highest BCUT2D eigenvalue weighted by atomic mass is 16.6. The molecule has 0 saturated heterocycles. The Bertz CT molecular complexity index is 1180. The fraction of sp³-hybridized carbons (Fsp3) is 0.310. The fourth-order valence-corrected chi connectivity index (χ4v) is 4.29. The van der Waals surface area contributed by atoms with E-state index in [1.807, 2.05) is 67.6 Å². The average Bonchev–Trinajstić information content (AvgIpc) is 2.90. The van der Waals surface area contributed by atoms with E-state index in [-0.39, 0.29) is 12.4 Å². The van der Waals surface area contributed by atoms with E-state index in [1.54, 1.807) is 12.0 Å². The van der Waals surface area contributed by atoms with Gasteiger partial charge in [-0.15, -0.1) is 0 Å². The average molecular weight is 492 g/mol. The van der Waals surface area contributed by atoms with Crippen molar-refractivity contribution in [3.8, 4) is 17.2 Å². The molecule has 0 N–H and O–H groups in total. The number of hydrogen-bond donors (Lipinski definition) is 0. The molecule has 0 unspecified atom stereocenters. The van der Waals surface area contributed by atoms with Crippen LogP contribution in [0.5, 0.6) is 17.2 Å². The number of hydrogen-bond acceptors (Lipinski definition) is 6. The van der Waals surface area contributed by atoms with Crippen LogP contribution in [0.25, 0.3) is 0 Å². The van der Waals surface area contributed by atoms with Gasteiger partial charge >= 0.3 is 6.09 Å². The van der Waals surface area contributed by atoms with E-state index >= 15 is 0 Å². The van der Waals surface area contributed by atoms with Crippen LogP contribution in [0, 0.1) is 6.92 Å². The molecule has 0 fully saturated rings. The van der Waals surface area contributed by atoms with Gasteiger partial charge in [-0.2, -0.15) is 0 Å². The van der Waals surface area contributed by atoms with Gasteiger partial charge in [0, 0.05) is 24.2 Å². The van der Waals surface area contributed by atoms with Crippen LogP contribution in [-0.2, 0) is 24.3 Å². The first-order valence-corrected chi connectivity index (χ1v) is 11.7. The Kier molecular flexibility index (Phi) is 9.33. The number of ketones is 1. The van der Waals surface area contributed by atoms with Crippen LogP contribution in [0.15, 0.2) is 60.7 Å². The Morgan fingerprint density at radius 1 is 0.778 bits per heavy atom. The van der Waals surface area contributed by atoms with E-state index in [0.717, 1.165) is 16.7 Å². The van der Waals surface area contributed by atoms with Crippen molar-refractivity contribution in [2.75, 3.05) is 27.9 Å². The largest absolute Gasteiger partial charge is 0.496 e. The van der Waals surface area contributed by atoms with E-state index in [9.17, 15) is 9.59 Å². The molecule has 190 valence electrons. The number of methoxy groups -OCH3 is 3. The minimum atomic E-state index is -0.441. The Balaban J connectivity index is 1.93. The maximum absolute atomic E-state index is 13.2. The van der Waals surface area contributed by atoms with Crippen LogP contribution in [0.2, 0.25) is 0 Å². The molecule has 0 heterocycles. The van der Waals surface area contributed by atoms with Crippen molar-refractivity contribution < 1.29 is 28.5 Å². The lowest BCUT2D eigenvalue weighted by Crippen LogP contribution is -2.33. The lowest BCUT2D eigenvalue weighted by molar-refractivity contribution is 0.0939. The molecule has 3 rings (SSSR count). The molecule has 7 nitrogen and oxygen atoms in total. The summed E-state index contributed by atoms with van der Waals surface area (Å²) in [5, 5.41) is 0. The maximum atomic E-state index is 13.2. The van der Waals surface area contributed by atoms with Gasteiger partial charge in [0.05, 0.1) is 26.9 Å². The summed E-state index contributed by atoms with van der Waals surface area (Å²) in [5.74, 6) is 1.17. The zero-order valence-corrected chi connectivity index (χ0v) is 21.5. The summed E-state index contributed by atoms with van der Waals surface area (Å²) in [7, 11) is 4.58. The van der Waals surface area contributed by atoms with Crippen molar-refractivity contribution in [3.63, 3.8) is 0 Å². The van der Waals surface area contributed by atoms with Crippen LogP contribution < -0.4 is 14.2 Å². The second-order valence-electron chi connectivity index (χ2n) is 8.33. The molecule has 0 saturated carbocycles. The quantitative estimate of drug-likeness (QED) is 0.325. The standard InChI is InChI=1S/C29H33NO6/c1-20-26(33-3)24(25(21(2)31)28(35-5)27(20)34-4)16-17-30(18-22-12-8-6-9-13-22)29(32)36-19-23-14-10-7-11-15-23/h6-15H,16-19H2,1-5H3. The minimum absolute atomic E-state index is 0.169. The molecule has 0 bridgehead atoms. The molecule has 0 atom stereocenters. The second-order valence-corrected chi connectivity index (χ2v) is 8.33. The first kappa shape index (κ1) is 26.6. The van der Waals surface area contributed by atoms with E-state index in [4.69, 9.17) is 18.9 Å². The number of ether oxygens (including phenoxy) is 4.